The molecule has 110 valence electrons. The van der Waals surface area contributed by atoms with Gasteiger partial charge in [-0.1, -0.05) is 0 Å². The van der Waals surface area contributed by atoms with E-state index in [1.54, 1.807) is 19.1 Å². The summed E-state index contributed by atoms with van der Waals surface area (Å²) < 4.78 is 31.9. The molecular formula is C12H12N4O4S. The van der Waals surface area contributed by atoms with Gasteiger partial charge in [0, 0.05) is 6.20 Å². The molecule has 8 nitrogen and oxygen atoms in total. The molecule has 9 heteroatoms. The summed E-state index contributed by atoms with van der Waals surface area (Å²) in [5.74, 6) is 0.214. The molecule has 1 aromatic heterocycles. The molecule has 1 aliphatic rings. The summed E-state index contributed by atoms with van der Waals surface area (Å²) >= 11 is 0. The number of aromatic amines is 1. The summed E-state index contributed by atoms with van der Waals surface area (Å²) in [6, 6.07) is 4.65. The Morgan fingerprint density at radius 2 is 2.19 bits per heavy atom. The smallest absolute Gasteiger partial charge is 0.265 e. The lowest BCUT2D eigenvalue weighted by Crippen LogP contribution is -2.34. The minimum absolute atomic E-state index is 0.0223. The summed E-state index contributed by atoms with van der Waals surface area (Å²) in [6.45, 7) is 1.63. The topological polar surface area (TPSA) is 113 Å². The zero-order valence-corrected chi connectivity index (χ0v) is 11.8. The fourth-order valence-corrected chi connectivity index (χ4v) is 2.83. The van der Waals surface area contributed by atoms with Crippen molar-refractivity contribution in [1.29, 1.82) is 0 Å². The number of ether oxygens (including phenoxy) is 1. The van der Waals surface area contributed by atoms with Crippen molar-refractivity contribution in [1.82, 2.24) is 10.2 Å². The minimum Gasteiger partial charge on any atom is -0.479 e. The Kier molecular flexibility index (Phi) is 3.05. The highest BCUT2D eigenvalue weighted by Gasteiger charge is 2.24. The zero-order valence-electron chi connectivity index (χ0n) is 11.0. The molecule has 3 rings (SSSR count). The number of sulfonamides is 1. The molecule has 1 atom stereocenters. The number of benzene rings is 1. The first-order valence-corrected chi connectivity index (χ1v) is 7.57. The maximum Gasteiger partial charge on any atom is 0.265 e. The number of hydrogen-bond acceptors (Lipinski definition) is 5. The van der Waals surface area contributed by atoms with Gasteiger partial charge >= 0.3 is 0 Å². The first-order chi connectivity index (χ1) is 9.95. The predicted octanol–water partition coefficient (Wildman–Crippen LogP) is 0.930. The molecule has 21 heavy (non-hydrogen) atoms. The molecule has 0 saturated heterocycles. The molecule has 0 saturated carbocycles. The lowest BCUT2D eigenvalue weighted by molar-refractivity contribution is -0.122. The molecule has 1 unspecified atom stereocenters. The van der Waals surface area contributed by atoms with Crippen LogP contribution in [0.25, 0.3) is 0 Å². The van der Waals surface area contributed by atoms with Crippen molar-refractivity contribution in [3.8, 4) is 5.75 Å². The van der Waals surface area contributed by atoms with E-state index in [0.29, 0.717) is 17.1 Å². The molecular weight excluding hydrogens is 296 g/mol. The van der Waals surface area contributed by atoms with Gasteiger partial charge in [0.05, 0.1) is 17.6 Å². The number of nitrogens with zero attached hydrogens (tertiary/aromatic N) is 1. The number of aromatic nitrogens is 2. The second-order valence-corrected chi connectivity index (χ2v) is 6.18. The standard InChI is InChI=1S/C12H12N4O4S/c1-7-12(17)15-10-4-8(2-3-11(10)20-7)16-21(18,19)9-5-13-14-6-9/h2-7,16H,1H3,(H,13,14)(H,15,17). The molecule has 0 fully saturated rings. The number of amides is 1. The molecule has 1 amide bonds. The van der Waals surface area contributed by atoms with Crippen LogP contribution in [-0.4, -0.2) is 30.6 Å². The Hall–Kier alpha value is -2.55. The predicted molar refractivity (Wildman–Crippen MR) is 74.6 cm³/mol. The van der Waals surface area contributed by atoms with Crippen molar-refractivity contribution >= 4 is 27.3 Å². The first-order valence-electron chi connectivity index (χ1n) is 6.09. The van der Waals surface area contributed by atoms with Gasteiger partial charge in [0.25, 0.3) is 15.9 Å². The van der Waals surface area contributed by atoms with Gasteiger partial charge in [-0.2, -0.15) is 5.10 Å². The lowest BCUT2D eigenvalue weighted by Gasteiger charge is -2.23. The number of hydrogen-bond donors (Lipinski definition) is 3. The normalized spacial score (nSPS) is 17.6. The minimum atomic E-state index is -3.72. The van der Waals surface area contributed by atoms with Crippen LogP contribution in [0.4, 0.5) is 11.4 Å². The van der Waals surface area contributed by atoms with Crippen LogP contribution in [-0.2, 0) is 14.8 Å². The SMILES string of the molecule is CC1Oc2ccc(NS(=O)(=O)c3cn[nH]c3)cc2NC1=O. The Labute approximate surface area is 120 Å². The van der Waals surface area contributed by atoms with Crippen LogP contribution in [0.5, 0.6) is 5.75 Å². The van der Waals surface area contributed by atoms with E-state index in [2.05, 4.69) is 20.2 Å². The summed E-state index contributed by atoms with van der Waals surface area (Å²) in [5, 5.41) is 8.69. The molecule has 0 spiro atoms. The largest absolute Gasteiger partial charge is 0.479 e. The highest BCUT2D eigenvalue weighted by Crippen LogP contribution is 2.32. The summed E-state index contributed by atoms with van der Waals surface area (Å²) in [4.78, 5) is 11.6. The van der Waals surface area contributed by atoms with Crippen LogP contribution in [0.1, 0.15) is 6.92 Å². The van der Waals surface area contributed by atoms with E-state index in [0.717, 1.165) is 0 Å². The van der Waals surface area contributed by atoms with Crippen LogP contribution in [0.15, 0.2) is 35.5 Å². The van der Waals surface area contributed by atoms with Crippen molar-refractivity contribution in [3.05, 3.63) is 30.6 Å². The summed E-state index contributed by atoms with van der Waals surface area (Å²) in [5.41, 5.74) is 0.735. The monoisotopic (exact) mass is 308 g/mol. The van der Waals surface area contributed by atoms with Gasteiger partial charge in [-0.05, 0) is 25.1 Å². The molecule has 3 N–H and O–H groups in total. The van der Waals surface area contributed by atoms with Gasteiger partial charge in [0.1, 0.15) is 10.6 Å². The van der Waals surface area contributed by atoms with E-state index in [1.165, 1.54) is 18.5 Å². The molecule has 0 radical (unpaired) electrons. The molecule has 1 aromatic carbocycles. The van der Waals surface area contributed by atoms with E-state index in [1.807, 2.05) is 0 Å². The third kappa shape index (κ3) is 2.55. The van der Waals surface area contributed by atoms with E-state index in [4.69, 9.17) is 4.74 Å². The second-order valence-electron chi connectivity index (χ2n) is 4.50. The number of anilines is 2. The van der Waals surface area contributed by atoms with E-state index < -0.39 is 16.1 Å². The number of H-pyrrole nitrogens is 1. The first kappa shape index (κ1) is 13.4. The highest BCUT2D eigenvalue weighted by molar-refractivity contribution is 7.92. The fourth-order valence-electron chi connectivity index (χ4n) is 1.87. The fraction of sp³-hybridized carbons (Fsp3) is 0.167. The number of rotatable bonds is 3. The highest BCUT2D eigenvalue weighted by atomic mass is 32.2. The van der Waals surface area contributed by atoms with Crippen molar-refractivity contribution in [3.63, 3.8) is 0 Å². The van der Waals surface area contributed by atoms with Crippen LogP contribution < -0.4 is 14.8 Å². The average molecular weight is 308 g/mol. The van der Waals surface area contributed by atoms with Crippen LogP contribution in [0.2, 0.25) is 0 Å². The lowest BCUT2D eigenvalue weighted by atomic mass is 10.2. The van der Waals surface area contributed by atoms with Crippen LogP contribution in [0.3, 0.4) is 0 Å². The Balaban J connectivity index is 1.88. The second kappa shape index (κ2) is 4.77. The van der Waals surface area contributed by atoms with E-state index in [-0.39, 0.29) is 10.8 Å². The average Bonchev–Trinajstić information content (AvgIpc) is 2.95. The Morgan fingerprint density at radius 1 is 1.38 bits per heavy atom. The van der Waals surface area contributed by atoms with Crippen molar-refractivity contribution in [2.24, 2.45) is 0 Å². The molecule has 0 aliphatic carbocycles. The third-order valence-electron chi connectivity index (χ3n) is 2.95. The number of fused-ring (bicyclic) bond motifs is 1. The molecule has 2 heterocycles. The third-order valence-corrected chi connectivity index (χ3v) is 4.29. The Bertz CT molecular complexity index is 786. The van der Waals surface area contributed by atoms with E-state index in [9.17, 15) is 13.2 Å². The molecule has 1 aliphatic heterocycles. The van der Waals surface area contributed by atoms with Gasteiger partial charge in [-0.3, -0.25) is 14.6 Å². The quantitative estimate of drug-likeness (QED) is 0.780. The number of nitrogens with one attached hydrogen (secondary N) is 3. The van der Waals surface area contributed by atoms with Gasteiger partial charge in [-0.15, -0.1) is 0 Å². The van der Waals surface area contributed by atoms with Crippen molar-refractivity contribution in [2.45, 2.75) is 17.9 Å². The maximum atomic E-state index is 12.1. The van der Waals surface area contributed by atoms with Crippen molar-refractivity contribution < 1.29 is 17.9 Å². The summed E-state index contributed by atoms with van der Waals surface area (Å²) in [7, 11) is -3.72. The van der Waals surface area contributed by atoms with Crippen LogP contribution >= 0.6 is 0 Å². The number of carbonyl (C=O) groups is 1. The number of carbonyl (C=O) groups excluding carboxylic acids is 1. The summed E-state index contributed by atoms with van der Waals surface area (Å²) in [6.07, 6.45) is 1.90. The van der Waals surface area contributed by atoms with Crippen LogP contribution in [0, 0.1) is 0 Å². The van der Waals surface area contributed by atoms with E-state index >= 15 is 0 Å². The van der Waals surface area contributed by atoms with Gasteiger partial charge in [0.2, 0.25) is 0 Å². The van der Waals surface area contributed by atoms with Gasteiger partial charge < -0.3 is 10.1 Å². The zero-order chi connectivity index (χ0) is 15.0. The van der Waals surface area contributed by atoms with Gasteiger partial charge in [-0.25, -0.2) is 8.42 Å². The van der Waals surface area contributed by atoms with Gasteiger partial charge in [0.15, 0.2) is 6.10 Å². The molecule has 0 bridgehead atoms. The van der Waals surface area contributed by atoms with Crippen molar-refractivity contribution in [2.75, 3.05) is 10.0 Å². The maximum absolute atomic E-state index is 12.1. The molecule has 2 aromatic rings. The Morgan fingerprint density at radius 3 is 2.90 bits per heavy atom.